The van der Waals surface area contributed by atoms with Crippen LogP contribution in [0.5, 0.6) is 0 Å². The van der Waals surface area contributed by atoms with Crippen molar-refractivity contribution in [2.75, 3.05) is 13.7 Å². The number of hydrogen-bond donors (Lipinski definition) is 3. The van der Waals surface area contributed by atoms with E-state index in [0.717, 1.165) is 38.5 Å². The molecule has 3 N–H and O–H groups in total. The molecule has 0 aromatic carbocycles. The summed E-state index contributed by atoms with van der Waals surface area (Å²) in [5, 5.41) is 34.2. The van der Waals surface area contributed by atoms with Crippen molar-refractivity contribution in [3.05, 3.63) is 11.6 Å². The highest BCUT2D eigenvalue weighted by Gasteiger charge is 2.73. The number of Topliss-reactive ketones (excluding diaryl/α,β-unsaturated/α-hetero) is 1. The molecule has 11 atom stereocenters. The van der Waals surface area contributed by atoms with Gasteiger partial charge in [-0.25, -0.2) is 0 Å². The number of fused-ring (bicyclic) bond motifs is 7. The van der Waals surface area contributed by atoms with Crippen LogP contribution < -0.4 is 0 Å². The van der Waals surface area contributed by atoms with Crippen LogP contribution in [0.2, 0.25) is 0 Å². The van der Waals surface area contributed by atoms with Crippen LogP contribution in [-0.4, -0.2) is 52.5 Å². The molecule has 5 aliphatic rings. The molecule has 6 heteroatoms. The first-order chi connectivity index (χ1) is 17.1. The molecule has 0 bridgehead atoms. The minimum Gasteiger partial charge on any atom is -0.468 e. The Balaban J connectivity index is 1.65. The van der Waals surface area contributed by atoms with Crippen LogP contribution in [0, 0.1) is 50.7 Å². The Morgan fingerprint density at radius 3 is 2.35 bits per heavy atom. The number of ether oxygens (including phenoxy) is 1. The zero-order chi connectivity index (χ0) is 27.4. The van der Waals surface area contributed by atoms with E-state index in [4.69, 9.17) is 4.74 Å². The summed E-state index contributed by atoms with van der Waals surface area (Å²) in [7, 11) is 1.35. The third-order valence-corrected chi connectivity index (χ3v) is 13.7. The van der Waals surface area contributed by atoms with Crippen LogP contribution in [0.25, 0.3) is 0 Å². The zero-order valence-electron chi connectivity index (χ0n) is 23.9. The van der Waals surface area contributed by atoms with Crippen molar-refractivity contribution in [3.8, 4) is 0 Å². The van der Waals surface area contributed by atoms with Crippen molar-refractivity contribution >= 4 is 11.8 Å². The molecule has 37 heavy (non-hydrogen) atoms. The highest BCUT2D eigenvalue weighted by Crippen LogP contribution is 2.75. The van der Waals surface area contributed by atoms with Gasteiger partial charge in [-0.2, -0.15) is 0 Å². The first-order valence-electron chi connectivity index (χ1n) is 14.4. The Hall–Kier alpha value is -1.24. The van der Waals surface area contributed by atoms with Gasteiger partial charge in [0.1, 0.15) is 5.41 Å². The molecule has 0 saturated heterocycles. The van der Waals surface area contributed by atoms with Crippen LogP contribution in [0.15, 0.2) is 11.6 Å². The quantitative estimate of drug-likeness (QED) is 0.285. The number of carbonyl (C=O) groups excluding carboxylic acids is 2. The van der Waals surface area contributed by atoms with Gasteiger partial charge < -0.3 is 20.1 Å². The van der Waals surface area contributed by atoms with Crippen LogP contribution >= 0.6 is 0 Å². The maximum Gasteiger partial charge on any atom is 0.319 e. The van der Waals surface area contributed by atoms with Crippen molar-refractivity contribution in [3.63, 3.8) is 0 Å². The van der Waals surface area contributed by atoms with Gasteiger partial charge in [0, 0.05) is 29.8 Å². The standard InChI is InChI=1S/C31H48O6/c1-18-10-13-31(17-32)15-14-26(2)19(24(31)30(18,6)36)8-9-20-27(26,3)12-11-21-28(20,4)22(33)16-23(34)29(21,5)25(35)37-7/h8,18,20-22,24,32-33,36H,9-17H2,1-7H3. The van der Waals surface area contributed by atoms with Gasteiger partial charge >= 0.3 is 5.97 Å². The molecule has 0 aromatic heterocycles. The molecule has 11 unspecified atom stereocenters. The van der Waals surface area contributed by atoms with E-state index in [1.54, 1.807) is 6.92 Å². The van der Waals surface area contributed by atoms with Gasteiger partial charge in [-0.1, -0.05) is 39.3 Å². The van der Waals surface area contributed by atoms with Gasteiger partial charge in [-0.05, 0) is 87.4 Å². The summed E-state index contributed by atoms with van der Waals surface area (Å²) in [5.74, 6) is -0.875. The number of allylic oxidation sites excluding steroid dienone is 1. The summed E-state index contributed by atoms with van der Waals surface area (Å²) < 4.78 is 5.17. The minimum absolute atomic E-state index is 0.0268. The SMILES string of the molecule is COC(=O)C1(C)C(=O)CC(O)C2(C)C1CCC1(C)C2CC=C2C3C(CO)(CCC(C)C3(C)O)CCC21C. The molecule has 5 rings (SSSR count). The average Bonchev–Trinajstić information content (AvgIpc) is 2.85. The number of hydrogen-bond acceptors (Lipinski definition) is 6. The fourth-order valence-corrected chi connectivity index (χ4v) is 10.9. The largest absolute Gasteiger partial charge is 0.468 e. The number of methoxy groups -OCH3 is 1. The van der Waals surface area contributed by atoms with Crippen LogP contribution in [-0.2, 0) is 14.3 Å². The molecule has 0 heterocycles. The molecular weight excluding hydrogens is 468 g/mol. The maximum atomic E-state index is 13.3. The second kappa shape index (κ2) is 8.14. The van der Waals surface area contributed by atoms with E-state index < -0.39 is 28.5 Å². The second-order valence-corrected chi connectivity index (χ2v) is 14.6. The smallest absolute Gasteiger partial charge is 0.319 e. The average molecular weight is 517 g/mol. The number of rotatable bonds is 2. The molecule has 4 saturated carbocycles. The van der Waals surface area contributed by atoms with E-state index in [1.807, 2.05) is 6.92 Å². The highest BCUT2D eigenvalue weighted by atomic mass is 16.5. The summed E-state index contributed by atoms with van der Waals surface area (Å²) in [5.41, 5.74) is -2.18. The van der Waals surface area contributed by atoms with Gasteiger partial charge in [-0.3, -0.25) is 9.59 Å². The fourth-order valence-electron chi connectivity index (χ4n) is 10.9. The summed E-state index contributed by atoms with van der Waals surface area (Å²) in [6, 6.07) is 0. The Bertz CT molecular complexity index is 1030. The Labute approximate surface area is 222 Å². The molecule has 5 aliphatic carbocycles. The van der Waals surface area contributed by atoms with E-state index in [1.165, 1.54) is 12.7 Å². The lowest BCUT2D eigenvalue weighted by atomic mass is 9.32. The minimum atomic E-state index is -1.25. The first-order valence-corrected chi connectivity index (χ1v) is 14.4. The lowest BCUT2D eigenvalue weighted by Crippen LogP contribution is -2.70. The summed E-state index contributed by atoms with van der Waals surface area (Å²) in [6.45, 7) is 12.8. The lowest BCUT2D eigenvalue weighted by molar-refractivity contribution is -0.230. The van der Waals surface area contributed by atoms with Crippen molar-refractivity contribution in [2.45, 2.75) is 105 Å². The molecule has 0 amide bonds. The monoisotopic (exact) mass is 516 g/mol. The topological polar surface area (TPSA) is 104 Å². The van der Waals surface area contributed by atoms with Crippen LogP contribution in [0.4, 0.5) is 0 Å². The van der Waals surface area contributed by atoms with Gasteiger partial charge in [0.2, 0.25) is 0 Å². The fraction of sp³-hybridized carbons (Fsp3) is 0.871. The molecule has 208 valence electrons. The summed E-state index contributed by atoms with van der Waals surface area (Å²) in [4.78, 5) is 26.3. The number of aliphatic hydroxyl groups is 3. The van der Waals surface area contributed by atoms with Gasteiger partial charge in [0.15, 0.2) is 5.78 Å². The number of aliphatic hydroxyl groups excluding tert-OH is 2. The number of carbonyl (C=O) groups is 2. The van der Waals surface area contributed by atoms with Gasteiger partial charge in [0.25, 0.3) is 0 Å². The van der Waals surface area contributed by atoms with E-state index in [2.05, 4.69) is 33.8 Å². The third-order valence-electron chi connectivity index (χ3n) is 13.7. The molecule has 0 spiro atoms. The van der Waals surface area contributed by atoms with Crippen molar-refractivity contribution in [2.24, 2.45) is 50.7 Å². The van der Waals surface area contributed by atoms with Crippen LogP contribution in [0.1, 0.15) is 92.9 Å². The molecule has 0 aromatic rings. The maximum absolute atomic E-state index is 13.3. The van der Waals surface area contributed by atoms with Gasteiger partial charge in [0.05, 0.1) is 18.8 Å². The normalized spacial score (nSPS) is 55.2. The van der Waals surface area contributed by atoms with Crippen molar-refractivity contribution in [1.29, 1.82) is 0 Å². The number of ketones is 1. The first kappa shape index (κ1) is 27.3. The molecular formula is C31H48O6. The predicted molar refractivity (Wildman–Crippen MR) is 140 cm³/mol. The predicted octanol–water partition coefficient (Wildman–Crippen LogP) is 4.44. The molecule has 0 aliphatic heterocycles. The Kier molecular flexibility index (Phi) is 6.01. The molecule has 4 fully saturated rings. The molecule has 6 nitrogen and oxygen atoms in total. The highest BCUT2D eigenvalue weighted by molar-refractivity contribution is 6.04. The number of esters is 1. The Morgan fingerprint density at radius 2 is 1.73 bits per heavy atom. The zero-order valence-corrected chi connectivity index (χ0v) is 23.9. The van der Waals surface area contributed by atoms with Crippen LogP contribution in [0.3, 0.4) is 0 Å². The van der Waals surface area contributed by atoms with E-state index in [9.17, 15) is 24.9 Å². The molecule has 0 radical (unpaired) electrons. The van der Waals surface area contributed by atoms with Gasteiger partial charge in [-0.15, -0.1) is 0 Å². The second-order valence-electron chi connectivity index (χ2n) is 14.6. The van der Waals surface area contributed by atoms with E-state index in [-0.39, 0.29) is 58.7 Å². The van der Waals surface area contributed by atoms with Crippen molar-refractivity contribution in [1.82, 2.24) is 0 Å². The van der Waals surface area contributed by atoms with E-state index in [0.29, 0.717) is 6.42 Å². The third kappa shape index (κ3) is 3.04. The van der Waals surface area contributed by atoms with E-state index >= 15 is 0 Å². The van der Waals surface area contributed by atoms with Crippen molar-refractivity contribution < 1.29 is 29.6 Å². The summed E-state index contributed by atoms with van der Waals surface area (Å²) in [6.07, 6.45) is 7.38. The Morgan fingerprint density at radius 1 is 1.05 bits per heavy atom. The summed E-state index contributed by atoms with van der Waals surface area (Å²) >= 11 is 0. The lowest BCUT2D eigenvalue weighted by Gasteiger charge is -2.72.